The molecule has 0 bridgehead atoms. The summed E-state index contributed by atoms with van der Waals surface area (Å²) in [5, 5.41) is 4.74. The number of likely N-dealkylation sites (tertiary alicyclic amines) is 1. The van der Waals surface area contributed by atoms with Crippen LogP contribution in [0.3, 0.4) is 0 Å². The molecule has 0 atom stereocenters. The highest BCUT2D eigenvalue weighted by atomic mass is 16.6. The van der Waals surface area contributed by atoms with Crippen LogP contribution in [0, 0.1) is 13.8 Å². The number of nitrogens with zero attached hydrogens (tertiary/aromatic N) is 5. The van der Waals surface area contributed by atoms with Crippen LogP contribution in [-0.4, -0.2) is 88.4 Å². The second-order valence-corrected chi connectivity index (χ2v) is 11.0. The summed E-state index contributed by atoms with van der Waals surface area (Å²) in [6.07, 6.45) is 3.00. The van der Waals surface area contributed by atoms with Gasteiger partial charge < -0.3 is 19.4 Å². The number of benzene rings is 1. The van der Waals surface area contributed by atoms with E-state index < -0.39 is 5.60 Å². The Morgan fingerprint density at radius 1 is 0.971 bits per heavy atom. The molecule has 190 valence electrons. The molecule has 0 radical (unpaired) electrons. The Morgan fingerprint density at radius 2 is 1.63 bits per heavy atom. The van der Waals surface area contributed by atoms with Gasteiger partial charge in [-0.15, -0.1) is 0 Å². The van der Waals surface area contributed by atoms with Crippen LogP contribution in [0.2, 0.25) is 0 Å². The number of piperazine rings is 1. The summed E-state index contributed by atoms with van der Waals surface area (Å²) >= 11 is 0. The number of amides is 2. The van der Waals surface area contributed by atoms with Crippen LogP contribution >= 0.6 is 0 Å². The summed E-state index contributed by atoms with van der Waals surface area (Å²) in [6.45, 7) is 14.2. The zero-order valence-electron chi connectivity index (χ0n) is 22.0. The van der Waals surface area contributed by atoms with Crippen LogP contribution < -0.4 is 0 Å². The van der Waals surface area contributed by atoms with Gasteiger partial charge in [-0.25, -0.2) is 9.48 Å². The number of carbonyl (C=O) groups excluding carboxylic acids is 2. The van der Waals surface area contributed by atoms with E-state index in [0.717, 1.165) is 56.0 Å². The molecular weight excluding hydrogens is 442 g/mol. The van der Waals surface area contributed by atoms with Crippen molar-refractivity contribution in [2.24, 2.45) is 0 Å². The zero-order chi connectivity index (χ0) is 25.3. The molecular formula is C27H39N5O3. The molecule has 2 aromatic rings. The molecule has 2 aliphatic heterocycles. The maximum Gasteiger partial charge on any atom is 0.410 e. The second-order valence-electron chi connectivity index (χ2n) is 11.0. The van der Waals surface area contributed by atoms with Crippen molar-refractivity contribution in [2.45, 2.75) is 59.0 Å². The number of aromatic nitrogens is 2. The molecule has 3 heterocycles. The third kappa shape index (κ3) is 5.69. The molecule has 2 amide bonds. The van der Waals surface area contributed by atoms with E-state index in [2.05, 4.69) is 44.0 Å². The fraction of sp³-hybridized carbons (Fsp3) is 0.593. The maximum absolute atomic E-state index is 13.7. The van der Waals surface area contributed by atoms with E-state index in [1.54, 1.807) is 11.1 Å². The first-order valence-corrected chi connectivity index (χ1v) is 12.6. The van der Waals surface area contributed by atoms with Gasteiger partial charge in [-0.1, -0.05) is 17.7 Å². The predicted molar refractivity (Wildman–Crippen MR) is 136 cm³/mol. The summed E-state index contributed by atoms with van der Waals surface area (Å²) in [7, 11) is 2.09. The number of ether oxygens (including phenoxy) is 1. The lowest BCUT2D eigenvalue weighted by Gasteiger charge is -2.35. The summed E-state index contributed by atoms with van der Waals surface area (Å²) < 4.78 is 7.54. The summed E-state index contributed by atoms with van der Waals surface area (Å²) in [6, 6.07) is 6.32. The van der Waals surface area contributed by atoms with Gasteiger partial charge in [-0.2, -0.15) is 5.10 Å². The van der Waals surface area contributed by atoms with Gasteiger partial charge in [0.05, 0.1) is 23.1 Å². The second kappa shape index (κ2) is 10.0. The molecule has 0 N–H and O–H groups in total. The zero-order valence-corrected chi connectivity index (χ0v) is 22.0. The Hall–Kier alpha value is -2.87. The Bertz CT molecular complexity index is 1070. The van der Waals surface area contributed by atoms with E-state index in [-0.39, 0.29) is 17.9 Å². The third-order valence-corrected chi connectivity index (χ3v) is 6.94. The van der Waals surface area contributed by atoms with Gasteiger partial charge in [-0.05, 0) is 66.1 Å². The first-order valence-electron chi connectivity index (χ1n) is 12.6. The van der Waals surface area contributed by atoms with Gasteiger partial charge in [0.25, 0.3) is 5.91 Å². The van der Waals surface area contributed by atoms with E-state index >= 15 is 0 Å². The highest BCUT2D eigenvalue weighted by Gasteiger charge is 2.34. The van der Waals surface area contributed by atoms with Crippen molar-refractivity contribution in [3.63, 3.8) is 0 Å². The average molecular weight is 482 g/mol. The van der Waals surface area contributed by atoms with Crippen LogP contribution in [0.1, 0.15) is 66.7 Å². The van der Waals surface area contributed by atoms with Crippen molar-refractivity contribution in [1.82, 2.24) is 24.5 Å². The minimum Gasteiger partial charge on any atom is -0.444 e. The standard InChI is InChI=1S/C27H39N5O3/c1-19-7-8-23(20(2)17-19)32-24(21-9-11-31(12-10-21)26(34)35-27(3,4)5)22(18-28-32)25(33)30-15-13-29(6)14-16-30/h7-8,17-18,21H,9-16H2,1-6H3. The topological polar surface area (TPSA) is 70.9 Å². The van der Waals surface area contributed by atoms with Crippen LogP contribution in [-0.2, 0) is 4.74 Å². The minimum absolute atomic E-state index is 0.0543. The quantitative estimate of drug-likeness (QED) is 0.663. The van der Waals surface area contributed by atoms with Gasteiger partial charge in [0.2, 0.25) is 0 Å². The van der Waals surface area contributed by atoms with Crippen molar-refractivity contribution in [3.05, 3.63) is 46.8 Å². The fourth-order valence-corrected chi connectivity index (χ4v) is 4.99. The van der Waals surface area contributed by atoms with Crippen LogP contribution in [0.5, 0.6) is 0 Å². The third-order valence-electron chi connectivity index (χ3n) is 6.94. The van der Waals surface area contributed by atoms with Crippen LogP contribution in [0.25, 0.3) is 5.69 Å². The van der Waals surface area contributed by atoms with Crippen LogP contribution in [0.4, 0.5) is 4.79 Å². The lowest BCUT2D eigenvalue weighted by atomic mass is 9.90. The number of rotatable bonds is 3. The Kier molecular flexibility index (Phi) is 7.22. The fourth-order valence-electron chi connectivity index (χ4n) is 4.99. The smallest absolute Gasteiger partial charge is 0.410 e. The molecule has 0 aliphatic carbocycles. The van der Waals surface area contributed by atoms with Crippen molar-refractivity contribution < 1.29 is 14.3 Å². The molecule has 2 aliphatic rings. The van der Waals surface area contributed by atoms with Gasteiger partial charge in [-0.3, -0.25) is 4.79 Å². The maximum atomic E-state index is 13.7. The molecule has 2 fully saturated rings. The summed E-state index contributed by atoms with van der Waals surface area (Å²) in [5.41, 5.74) is 4.45. The number of hydrogen-bond donors (Lipinski definition) is 0. The SMILES string of the molecule is Cc1ccc(-n2ncc(C(=O)N3CCN(C)CC3)c2C2CCN(C(=O)OC(C)(C)C)CC2)c(C)c1. The first kappa shape index (κ1) is 25.2. The van der Waals surface area contributed by atoms with E-state index in [4.69, 9.17) is 9.84 Å². The number of aryl methyl sites for hydroxylation is 2. The van der Waals surface area contributed by atoms with Gasteiger partial charge in [0.1, 0.15) is 5.60 Å². The monoisotopic (exact) mass is 481 g/mol. The first-order chi connectivity index (χ1) is 16.5. The van der Waals surface area contributed by atoms with Gasteiger partial charge in [0.15, 0.2) is 0 Å². The van der Waals surface area contributed by atoms with Crippen molar-refractivity contribution in [2.75, 3.05) is 46.3 Å². The largest absolute Gasteiger partial charge is 0.444 e. The van der Waals surface area contributed by atoms with Crippen molar-refractivity contribution >= 4 is 12.0 Å². The van der Waals surface area contributed by atoms with Crippen molar-refractivity contribution in [1.29, 1.82) is 0 Å². The molecule has 2 saturated heterocycles. The van der Waals surface area contributed by atoms with Gasteiger partial charge in [0, 0.05) is 45.2 Å². The number of likely N-dealkylation sites (N-methyl/N-ethyl adjacent to an activating group) is 1. The molecule has 0 spiro atoms. The molecule has 0 saturated carbocycles. The molecule has 8 nitrogen and oxygen atoms in total. The lowest BCUT2D eigenvalue weighted by molar-refractivity contribution is 0.0202. The molecule has 8 heteroatoms. The normalized spacial score (nSPS) is 18.1. The van der Waals surface area contributed by atoms with E-state index in [1.165, 1.54) is 5.56 Å². The number of piperidine rings is 1. The highest BCUT2D eigenvalue weighted by Crippen LogP contribution is 2.34. The molecule has 0 unspecified atom stereocenters. The highest BCUT2D eigenvalue weighted by molar-refractivity contribution is 5.95. The summed E-state index contributed by atoms with van der Waals surface area (Å²) in [5.74, 6) is 0.182. The summed E-state index contributed by atoms with van der Waals surface area (Å²) in [4.78, 5) is 32.2. The Balaban J connectivity index is 1.63. The molecule has 1 aromatic carbocycles. The minimum atomic E-state index is -0.516. The number of hydrogen-bond acceptors (Lipinski definition) is 5. The van der Waals surface area contributed by atoms with Gasteiger partial charge >= 0.3 is 6.09 Å². The molecule has 1 aromatic heterocycles. The Labute approximate surface area is 208 Å². The van der Waals surface area contributed by atoms with E-state index in [0.29, 0.717) is 18.7 Å². The molecule has 4 rings (SSSR count). The number of carbonyl (C=O) groups is 2. The van der Waals surface area contributed by atoms with Crippen molar-refractivity contribution in [3.8, 4) is 5.69 Å². The van der Waals surface area contributed by atoms with E-state index in [1.807, 2.05) is 30.4 Å². The predicted octanol–water partition coefficient (Wildman–Crippen LogP) is 3.99. The van der Waals surface area contributed by atoms with Crippen LogP contribution in [0.15, 0.2) is 24.4 Å². The Morgan fingerprint density at radius 3 is 2.23 bits per heavy atom. The lowest BCUT2D eigenvalue weighted by Crippen LogP contribution is -2.47. The molecule has 35 heavy (non-hydrogen) atoms. The average Bonchev–Trinajstić information content (AvgIpc) is 3.23. The van der Waals surface area contributed by atoms with E-state index in [9.17, 15) is 9.59 Å².